The first kappa shape index (κ1) is 18.0. The Bertz CT molecular complexity index is 1140. The van der Waals surface area contributed by atoms with E-state index in [9.17, 15) is 14.9 Å². The standard InChI is InChI=1S/C21H15ClFN5/c22-15-4-5-19-16(10-15)21(14(11-24)13-26-19)28-8-6-27(7-9-28)20-3-1-2-18(23)17(20)12-25/h1-5,10,13H,6-9H2. The number of rotatable bonds is 2. The van der Waals surface area contributed by atoms with Crippen molar-refractivity contribution in [3.8, 4) is 12.1 Å². The van der Waals surface area contributed by atoms with Gasteiger partial charge in [-0.3, -0.25) is 4.98 Å². The molecule has 138 valence electrons. The van der Waals surface area contributed by atoms with E-state index in [4.69, 9.17) is 11.6 Å². The molecule has 0 bridgehead atoms. The van der Waals surface area contributed by atoms with E-state index in [1.165, 1.54) is 6.07 Å². The van der Waals surface area contributed by atoms with E-state index in [2.05, 4.69) is 16.0 Å². The van der Waals surface area contributed by atoms with Gasteiger partial charge in [0, 0.05) is 42.8 Å². The van der Waals surface area contributed by atoms with E-state index in [0.29, 0.717) is 42.5 Å². The zero-order chi connectivity index (χ0) is 19.7. The molecule has 0 spiro atoms. The van der Waals surface area contributed by atoms with Crippen LogP contribution in [-0.4, -0.2) is 31.2 Å². The third-order valence-electron chi connectivity index (χ3n) is 4.96. The Hall–Kier alpha value is -3.35. The predicted molar refractivity (Wildman–Crippen MR) is 107 cm³/mol. The number of aromatic nitrogens is 1. The number of nitriles is 2. The number of hydrogen-bond acceptors (Lipinski definition) is 5. The van der Waals surface area contributed by atoms with Crippen molar-refractivity contribution in [2.75, 3.05) is 36.0 Å². The normalized spacial score (nSPS) is 14.0. The molecule has 1 aliphatic heterocycles. The zero-order valence-corrected chi connectivity index (χ0v) is 15.6. The summed E-state index contributed by atoms with van der Waals surface area (Å²) in [5.41, 5.74) is 2.75. The maximum absolute atomic E-state index is 13.9. The van der Waals surface area contributed by atoms with Crippen LogP contribution < -0.4 is 9.80 Å². The fraction of sp³-hybridized carbons (Fsp3) is 0.190. The van der Waals surface area contributed by atoms with Gasteiger partial charge in [0.05, 0.1) is 22.5 Å². The quantitative estimate of drug-likeness (QED) is 0.658. The van der Waals surface area contributed by atoms with Crippen molar-refractivity contribution in [1.29, 1.82) is 10.5 Å². The third kappa shape index (κ3) is 3.09. The number of benzene rings is 2. The second kappa shape index (κ2) is 7.34. The Morgan fingerprint density at radius 2 is 1.75 bits per heavy atom. The van der Waals surface area contributed by atoms with Gasteiger partial charge in [0.15, 0.2) is 0 Å². The van der Waals surface area contributed by atoms with Gasteiger partial charge in [0.25, 0.3) is 0 Å². The molecule has 28 heavy (non-hydrogen) atoms. The SMILES string of the molecule is N#Cc1cnc2ccc(Cl)cc2c1N1CCN(c2cccc(F)c2C#N)CC1. The average molecular weight is 392 g/mol. The zero-order valence-electron chi connectivity index (χ0n) is 14.9. The summed E-state index contributed by atoms with van der Waals surface area (Å²) >= 11 is 6.17. The van der Waals surface area contributed by atoms with Gasteiger partial charge in [-0.15, -0.1) is 0 Å². The van der Waals surface area contributed by atoms with E-state index < -0.39 is 5.82 Å². The molecule has 1 aromatic heterocycles. The Labute approximate surface area is 166 Å². The molecule has 0 atom stereocenters. The maximum Gasteiger partial charge on any atom is 0.143 e. The van der Waals surface area contributed by atoms with Gasteiger partial charge in [0.1, 0.15) is 23.5 Å². The highest BCUT2D eigenvalue weighted by molar-refractivity contribution is 6.31. The van der Waals surface area contributed by atoms with Crippen LogP contribution in [0.2, 0.25) is 5.02 Å². The van der Waals surface area contributed by atoms with Gasteiger partial charge in [-0.25, -0.2) is 4.39 Å². The van der Waals surface area contributed by atoms with Gasteiger partial charge in [-0.1, -0.05) is 17.7 Å². The molecular formula is C21H15ClFN5. The Morgan fingerprint density at radius 3 is 2.46 bits per heavy atom. The summed E-state index contributed by atoms with van der Waals surface area (Å²) in [5.74, 6) is -0.510. The first-order valence-corrected chi connectivity index (χ1v) is 9.17. The highest BCUT2D eigenvalue weighted by Crippen LogP contribution is 2.33. The summed E-state index contributed by atoms with van der Waals surface area (Å²) in [6, 6.07) is 14.3. The van der Waals surface area contributed by atoms with Crippen molar-refractivity contribution >= 4 is 33.9 Å². The van der Waals surface area contributed by atoms with Gasteiger partial charge in [-0.05, 0) is 30.3 Å². The molecule has 0 radical (unpaired) electrons. The number of pyridine rings is 1. The van der Waals surface area contributed by atoms with Crippen LogP contribution in [0.1, 0.15) is 11.1 Å². The van der Waals surface area contributed by atoms with E-state index in [-0.39, 0.29) is 5.56 Å². The number of fused-ring (bicyclic) bond motifs is 1. The Balaban J connectivity index is 1.67. The van der Waals surface area contributed by atoms with Crippen LogP contribution >= 0.6 is 11.6 Å². The van der Waals surface area contributed by atoms with Crippen molar-refractivity contribution in [3.63, 3.8) is 0 Å². The molecule has 5 nitrogen and oxygen atoms in total. The van der Waals surface area contributed by atoms with Crippen LogP contribution in [-0.2, 0) is 0 Å². The van der Waals surface area contributed by atoms with Gasteiger partial charge >= 0.3 is 0 Å². The molecule has 2 aromatic carbocycles. The molecule has 0 saturated carbocycles. The lowest BCUT2D eigenvalue weighted by atomic mass is 10.1. The molecule has 0 aliphatic carbocycles. The van der Waals surface area contributed by atoms with Gasteiger partial charge < -0.3 is 9.80 Å². The number of nitrogens with zero attached hydrogens (tertiary/aromatic N) is 5. The van der Waals surface area contributed by atoms with Gasteiger partial charge in [0.2, 0.25) is 0 Å². The summed E-state index contributed by atoms with van der Waals surface area (Å²) in [7, 11) is 0. The maximum atomic E-state index is 13.9. The molecule has 0 N–H and O–H groups in total. The van der Waals surface area contributed by atoms with Crippen molar-refractivity contribution in [1.82, 2.24) is 4.98 Å². The second-order valence-electron chi connectivity index (χ2n) is 6.51. The van der Waals surface area contributed by atoms with E-state index in [1.54, 1.807) is 24.4 Å². The van der Waals surface area contributed by atoms with E-state index >= 15 is 0 Å². The molecule has 4 rings (SSSR count). The highest BCUT2D eigenvalue weighted by Gasteiger charge is 2.24. The van der Waals surface area contributed by atoms with Crippen molar-refractivity contribution in [2.45, 2.75) is 0 Å². The summed E-state index contributed by atoms with van der Waals surface area (Å²) in [4.78, 5) is 8.47. The molecule has 1 aliphatic rings. The molecule has 1 fully saturated rings. The van der Waals surface area contributed by atoms with Crippen LogP contribution in [0.3, 0.4) is 0 Å². The van der Waals surface area contributed by atoms with E-state index in [1.807, 2.05) is 23.1 Å². The molecule has 3 aromatic rings. The smallest absolute Gasteiger partial charge is 0.143 e. The summed E-state index contributed by atoms with van der Waals surface area (Å²) < 4.78 is 13.9. The van der Waals surface area contributed by atoms with Crippen LogP contribution in [0.5, 0.6) is 0 Å². The molecule has 0 amide bonds. The summed E-state index contributed by atoms with van der Waals surface area (Å²) in [5, 5.41) is 20.3. The lowest BCUT2D eigenvalue weighted by Gasteiger charge is -2.38. The van der Waals surface area contributed by atoms with Gasteiger partial charge in [-0.2, -0.15) is 10.5 Å². The number of piperazine rings is 1. The highest BCUT2D eigenvalue weighted by atomic mass is 35.5. The molecule has 1 saturated heterocycles. The fourth-order valence-electron chi connectivity index (χ4n) is 3.63. The Kier molecular flexibility index (Phi) is 4.73. The minimum Gasteiger partial charge on any atom is -0.367 e. The van der Waals surface area contributed by atoms with Crippen molar-refractivity contribution in [2.24, 2.45) is 0 Å². The monoisotopic (exact) mass is 391 g/mol. The first-order chi connectivity index (χ1) is 13.6. The molecule has 0 unspecified atom stereocenters. The lowest BCUT2D eigenvalue weighted by Crippen LogP contribution is -2.47. The van der Waals surface area contributed by atoms with Crippen LogP contribution in [0.15, 0.2) is 42.6 Å². The van der Waals surface area contributed by atoms with Crippen molar-refractivity contribution < 1.29 is 4.39 Å². The fourth-order valence-corrected chi connectivity index (χ4v) is 3.80. The molecule has 2 heterocycles. The molecular weight excluding hydrogens is 377 g/mol. The predicted octanol–water partition coefficient (Wildman–Crippen LogP) is 4.10. The second-order valence-corrected chi connectivity index (χ2v) is 6.95. The van der Waals surface area contributed by atoms with Crippen LogP contribution in [0.25, 0.3) is 10.9 Å². The average Bonchev–Trinajstić information content (AvgIpc) is 2.72. The topological polar surface area (TPSA) is 67.0 Å². The third-order valence-corrected chi connectivity index (χ3v) is 5.20. The largest absolute Gasteiger partial charge is 0.367 e. The number of hydrogen-bond donors (Lipinski definition) is 0. The van der Waals surface area contributed by atoms with Crippen LogP contribution in [0, 0.1) is 28.5 Å². The summed E-state index contributed by atoms with van der Waals surface area (Å²) in [6.45, 7) is 2.46. The lowest BCUT2D eigenvalue weighted by molar-refractivity contribution is 0.616. The number of halogens is 2. The first-order valence-electron chi connectivity index (χ1n) is 8.79. The number of anilines is 2. The summed E-state index contributed by atoms with van der Waals surface area (Å²) in [6.07, 6.45) is 1.58. The van der Waals surface area contributed by atoms with Crippen LogP contribution in [0.4, 0.5) is 15.8 Å². The minimum absolute atomic E-state index is 0.0646. The minimum atomic E-state index is -0.510. The molecule has 7 heteroatoms. The van der Waals surface area contributed by atoms with E-state index in [0.717, 1.165) is 16.6 Å². The Morgan fingerprint density at radius 1 is 1.00 bits per heavy atom. The van der Waals surface area contributed by atoms with Crippen molar-refractivity contribution in [3.05, 3.63) is 64.6 Å².